The highest BCUT2D eigenvalue weighted by Crippen LogP contribution is 2.40. The predicted molar refractivity (Wildman–Crippen MR) is 52.2 cm³/mol. The molecule has 6 nitrogen and oxygen atoms in total. The lowest BCUT2D eigenvalue weighted by Crippen LogP contribution is -2.25. The van der Waals surface area contributed by atoms with Gasteiger partial charge < -0.3 is 25.7 Å². The number of carboxylic acids is 1. The van der Waals surface area contributed by atoms with E-state index >= 15 is 0 Å². The minimum atomic E-state index is -1.10. The van der Waals surface area contributed by atoms with Crippen molar-refractivity contribution in [1.29, 1.82) is 0 Å². The van der Waals surface area contributed by atoms with E-state index in [1.165, 1.54) is 13.0 Å². The van der Waals surface area contributed by atoms with E-state index in [1.807, 2.05) is 0 Å². The van der Waals surface area contributed by atoms with Crippen LogP contribution in [-0.2, 0) is 4.79 Å². The predicted octanol–water partition coefficient (Wildman–Crippen LogP) is 0.688. The number of carboxylic acid groups (broad SMARTS) is 1. The number of phenolic OH excluding ortho intramolecular Hbond substituents is 3. The second-order valence-corrected chi connectivity index (χ2v) is 3.03. The summed E-state index contributed by atoms with van der Waals surface area (Å²) in [5.41, 5.74) is 0.0419. The molecular formula is C9H11NO5. The van der Waals surface area contributed by atoms with Crippen molar-refractivity contribution in [3.05, 3.63) is 12.1 Å². The van der Waals surface area contributed by atoms with Gasteiger partial charge in [-0.2, -0.15) is 0 Å². The summed E-state index contributed by atoms with van der Waals surface area (Å²) in [5, 5.41) is 38.6. The molecule has 0 saturated carbocycles. The third kappa shape index (κ3) is 2.22. The smallest absolute Gasteiger partial charge is 0.325 e. The quantitative estimate of drug-likeness (QED) is 0.373. The number of carbonyl (C=O) groups is 1. The maximum atomic E-state index is 10.5. The van der Waals surface area contributed by atoms with Crippen LogP contribution in [0, 0.1) is 0 Å². The molecule has 0 aliphatic carbocycles. The van der Waals surface area contributed by atoms with Crippen LogP contribution in [0.15, 0.2) is 12.1 Å². The zero-order valence-electron chi connectivity index (χ0n) is 7.93. The van der Waals surface area contributed by atoms with E-state index in [2.05, 4.69) is 5.32 Å². The van der Waals surface area contributed by atoms with Gasteiger partial charge in [0.2, 0.25) is 5.75 Å². The zero-order chi connectivity index (χ0) is 11.6. The number of hydrogen-bond donors (Lipinski definition) is 5. The van der Waals surface area contributed by atoms with E-state index in [1.54, 1.807) is 0 Å². The molecule has 0 bridgehead atoms. The molecule has 0 radical (unpaired) electrons. The normalized spacial score (nSPS) is 12.1. The molecule has 1 aromatic carbocycles. The van der Waals surface area contributed by atoms with Crippen molar-refractivity contribution in [3.8, 4) is 17.2 Å². The molecule has 15 heavy (non-hydrogen) atoms. The molecule has 0 aliphatic heterocycles. The molecule has 6 heteroatoms. The van der Waals surface area contributed by atoms with E-state index in [4.69, 9.17) is 15.3 Å². The second kappa shape index (κ2) is 3.95. The number of rotatable bonds is 3. The van der Waals surface area contributed by atoms with Crippen LogP contribution in [0.1, 0.15) is 6.92 Å². The lowest BCUT2D eigenvalue weighted by Gasteiger charge is -2.13. The van der Waals surface area contributed by atoms with Crippen LogP contribution in [0.4, 0.5) is 5.69 Å². The van der Waals surface area contributed by atoms with Crippen molar-refractivity contribution >= 4 is 11.7 Å². The van der Waals surface area contributed by atoms with Gasteiger partial charge in [-0.3, -0.25) is 4.79 Å². The SMILES string of the molecule is C[C@H](Nc1ccc(O)c(O)c1O)C(=O)O. The van der Waals surface area contributed by atoms with Crippen LogP contribution in [-0.4, -0.2) is 32.4 Å². The van der Waals surface area contributed by atoms with Crippen LogP contribution in [0.5, 0.6) is 17.2 Å². The Hall–Kier alpha value is -2.11. The van der Waals surface area contributed by atoms with Crippen molar-refractivity contribution in [3.63, 3.8) is 0 Å². The maximum absolute atomic E-state index is 10.5. The molecule has 1 aromatic rings. The molecule has 0 fully saturated rings. The molecule has 1 rings (SSSR count). The first-order chi connectivity index (χ1) is 6.93. The van der Waals surface area contributed by atoms with E-state index in [9.17, 15) is 9.90 Å². The third-order valence-electron chi connectivity index (χ3n) is 1.87. The van der Waals surface area contributed by atoms with Crippen molar-refractivity contribution in [2.24, 2.45) is 0 Å². The zero-order valence-corrected chi connectivity index (χ0v) is 7.93. The second-order valence-electron chi connectivity index (χ2n) is 3.03. The molecule has 0 aromatic heterocycles. The summed E-state index contributed by atoms with van der Waals surface area (Å²) in [6, 6.07) is 1.50. The Bertz CT molecular complexity index is 390. The van der Waals surface area contributed by atoms with Crippen molar-refractivity contribution in [2.45, 2.75) is 13.0 Å². The van der Waals surface area contributed by atoms with Crippen LogP contribution < -0.4 is 5.32 Å². The monoisotopic (exact) mass is 213 g/mol. The van der Waals surface area contributed by atoms with Gasteiger partial charge in [0.25, 0.3) is 0 Å². The van der Waals surface area contributed by atoms with Crippen molar-refractivity contribution in [2.75, 3.05) is 5.32 Å². The molecule has 0 spiro atoms. The molecule has 0 amide bonds. The average molecular weight is 213 g/mol. The van der Waals surface area contributed by atoms with E-state index < -0.39 is 29.3 Å². The van der Waals surface area contributed by atoms with Gasteiger partial charge in [0, 0.05) is 0 Å². The highest BCUT2D eigenvalue weighted by molar-refractivity contribution is 5.78. The fraction of sp³-hybridized carbons (Fsp3) is 0.222. The fourth-order valence-electron chi connectivity index (χ4n) is 0.980. The number of aliphatic carboxylic acids is 1. The fourth-order valence-corrected chi connectivity index (χ4v) is 0.980. The van der Waals surface area contributed by atoms with Gasteiger partial charge in [0.05, 0.1) is 5.69 Å². The molecule has 1 atom stereocenters. The summed E-state index contributed by atoms with van der Waals surface area (Å²) in [6.45, 7) is 1.38. The lowest BCUT2D eigenvalue weighted by molar-refractivity contribution is -0.137. The Kier molecular flexibility index (Phi) is 2.89. The summed E-state index contributed by atoms with van der Waals surface area (Å²) < 4.78 is 0. The van der Waals surface area contributed by atoms with E-state index in [0.717, 1.165) is 6.07 Å². The number of nitrogens with one attached hydrogen (secondary N) is 1. The molecule has 5 N–H and O–H groups in total. The first kappa shape index (κ1) is 11.0. The first-order valence-corrected chi connectivity index (χ1v) is 4.16. The highest BCUT2D eigenvalue weighted by atomic mass is 16.4. The molecule has 82 valence electrons. The summed E-state index contributed by atoms with van der Waals surface area (Å²) in [6.07, 6.45) is 0. The molecule has 0 unspecified atom stereocenters. The minimum absolute atomic E-state index is 0.0419. The number of benzene rings is 1. The van der Waals surface area contributed by atoms with Gasteiger partial charge in [-0.15, -0.1) is 0 Å². The van der Waals surface area contributed by atoms with Gasteiger partial charge in [0.15, 0.2) is 11.5 Å². The Morgan fingerprint density at radius 3 is 2.40 bits per heavy atom. The van der Waals surface area contributed by atoms with E-state index in [0.29, 0.717) is 0 Å². The Morgan fingerprint density at radius 1 is 1.27 bits per heavy atom. The lowest BCUT2D eigenvalue weighted by atomic mass is 10.2. The Morgan fingerprint density at radius 2 is 1.87 bits per heavy atom. The van der Waals surface area contributed by atoms with Crippen LogP contribution in [0.2, 0.25) is 0 Å². The number of phenols is 3. The number of anilines is 1. The number of hydrogen-bond acceptors (Lipinski definition) is 5. The first-order valence-electron chi connectivity index (χ1n) is 4.16. The third-order valence-corrected chi connectivity index (χ3v) is 1.87. The van der Waals surface area contributed by atoms with Crippen LogP contribution >= 0.6 is 0 Å². The highest BCUT2D eigenvalue weighted by Gasteiger charge is 2.15. The summed E-state index contributed by atoms with van der Waals surface area (Å²) in [5.74, 6) is -2.83. The largest absolute Gasteiger partial charge is 0.504 e. The van der Waals surface area contributed by atoms with Gasteiger partial charge in [-0.25, -0.2) is 0 Å². The molecular weight excluding hydrogens is 202 g/mol. The molecule has 0 heterocycles. The average Bonchev–Trinajstić information content (AvgIpc) is 2.18. The van der Waals surface area contributed by atoms with Gasteiger partial charge >= 0.3 is 5.97 Å². The Labute approximate surface area is 85.4 Å². The van der Waals surface area contributed by atoms with Gasteiger partial charge in [0.1, 0.15) is 6.04 Å². The molecule has 0 aliphatic rings. The number of aromatic hydroxyl groups is 3. The summed E-state index contributed by atoms with van der Waals surface area (Å²) in [4.78, 5) is 10.5. The van der Waals surface area contributed by atoms with E-state index in [-0.39, 0.29) is 5.69 Å². The summed E-state index contributed by atoms with van der Waals surface area (Å²) >= 11 is 0. The van der Waals surface area contributed by atoms with Gasteiger partial charge in [-0.1, -0.05) is 0 Å². The summed E-state index contributed by atoms with van der Waals surface area (Å²) in [7, 11) is 0. The maximum Gasteiger partial charge on any atom is 0.325 e. The Balaban J connectivity index is 2.97. The minimum Gasteiger partial charge on any atom is -0.504 e. The van der Waals surface area contributed by atoms with Crippen LogP contribution in [0.3, 0.4) is 0 Å². The standard InChI is InChI=1S/C9H11NO5/c1-4(9(14)15)10-5-2-3-6(11)8(13)7(5)12/h2-4,10-13H,1H3,(H,14,15)/t4-/m0/s1. The van der Waals surface area contributed by atoms with Gasteiger partial charge in [-0.05, 0) is 19.1 Å². The van der Waals surface area contributed by atoms with Crippen molar-refractivity contribution < 1.29 is 25.2 Å². The topological polar surface area (TPSA) is 110 Å². The molecule has 0 saturated heterocycles. The van der Waals surface area contributed by atoms with Crippen LogP contribution in [0.25, 0.3) is 0 Å². The van der Waals surface area contributed by atoms with Crippen molar-refractivity contribution in [1.82, 2.24) is 0 Å².